The van der Waals surface area contributed by atoms with Gasteiger partial charge in [0.1, 0.15) is 12.4 Å². The van der Waals surface area contributed by atoms with Crippen LogP contribution in [0.2, 0.25) is 0 Å². The molecule has 124 valence electrons. The molecule has 1 N–H and O–H groups in total. The van der Waals surface area contributed by atoms with E-state index in [-0.39, 0.29) is 24.9 Å². The zero-order chi connectivity index (χ0) is 17.0. The zero-order valence-electron chi connectivity index (χ0n) is 13.0. The fourth-order valence-electron chi connectivity index (χ4n) is 2.25. The minimum absolute atomic E-state index is 0.0488. The number of benzene rings is 2. The van der Waals surface area contributed by atoms with Crippen LogP contribution in [0.3, 0.4) is 0 Å². The molecule has 0 unspecified atom stereocenters. The van der Waals surface area contributed by atoms with E-state index in [4.69, 9.17) is 9.84 Å². The minimum atomic E-state index is -4.46. The molecule has 2 aromatic rings. The molecule has 0 fully saturated rings. The first-order chi connectivity index (χ1) is 10.8. The van der Waals surface area contributed by atoms with Gasteiger partial charge in [-0.1, -0.05) is 38.1 Å². The molecule has 2 nitrogen and oxygen atoms in total. The zero-order valence-corrected chi connectivity index (χ0v) is 13.0. The fraction of sp³-hybridized carbons (Fsp3) is 0.333. The van der Waals surface area contributed by atoms with Crippen molar-refractivity contribution < 1.29 is 23.0 Å². The molecular formula is C18H19F3O2. The molecule has 0 aromatic heterocycles. The first-order valence-corrected chi connectivity index (χ1v) is 7.37. The average Bonchev–Trinajstić information content (AvgIpc) is 2.52. The maximum absolute atomic E-state index is 13.1. The Morgan fingerprint density at radius 2 is 1.78 bits per heavy atom. The van der Waals surface area contributed by atoms with Gasteiger partial charge in [-0.15, -0.1) is 0 Å². The summed E-state index contributed by atoms with van der Waals surface area (Å²) in [4.78, 5) is 0. The van der Waals surface area contributed by atoms with Crippen LogP contribution in [0.15, 0.2) is 42.5 Å². The number of hydrogen-bond acceptors (Lipinski definition) is 2. The van der Waals surface area contributed by atoms with Crippen LogP contribution >= 0.6 is 0 Å². The number of alkyl halides is 3. The third-order valence-corrected chi connectivity index (χ3v) is 3.48. The number of aliphatic hydroxyl groups is 1. The Kier molecular flexibility index (Phi) is 5.31. The maximum atomic E-state index is 13.1. The Bertz CT molecular complexity index is 664. The monoisotopic (exact) mass is 324 g/mol. The summed E-state index contributed by atoms with van der Waals surface area (Å²) in [6.45, 7) is 3.75. The van der Waals surface area contributed by atoms with Gasteiger partial charge in [0.2, 0.25) is 0 Å². The number of hydrogen-bond donors (Lipinski definition) is 1. The highest BCUT2D eigenvalue weighted by Crippen LogP contribution is 2.36. The second kappa shape index (κ2) is 7.04. The van der Waals surface area contributed by atoms with Gasteiger partial charge in [0, 0.05) is 0 Å². The topological polar surface area (TPSA) is 29.5 Å². The van der Waals surface area contributed by atoms with Crippen molar-refractivity contribution in [2.45, 2.75) is 25.9 Å². The smallest absolute Gasteiger partial charge is 0.416 e. The lowest BCUT2D eigenvalue weighted by molar-refractivity contribution is -0.137. The highest BCUT2D eigenvalue weighted by atomic mass is 19.4. The molecule has 0 saturated heterocycles. The second-order valence-corrected chi connectivity index (χ2v) is 5.60. The van der Waals surface area contributed by atoms with E-state index >= 15 is 0 Å². The molecule has 5 heteroatoms. The van der Waals surface area contributed by atoms with Crippen LogP contribution < -0.4 is 4.74 Å². The molecule has 0 bridgehead atoms. The van der Waals surface area contributed by atoms with E-state index < -0.39 is 11.7 Å². The van der Waals surface area contributed by atoms with E-state index in [1.54, 1.807) is 12.1 Å². The highest BCUT2D eigenvalue weighted by molar-refractivity contribution is 5.67. The molecule has 0 saturated carbocycles. The van der Waals surface area contributed by atoms with E-state index in [1.807, 2.05) is 32.0 Å². The Morgan fingerprint density at radius 3 is 2.39 bits per heavy atom. The number of ether oxygens (including phenoxy) is 1. The van der Waals surface area contributed by atoms with Gasteiger partial charge in [-0.05, 0) is 40.8 Å². The summed E-state index contributed by atoms with van der Waals surface area (Å²) >= 11 is 0. The summed E-state index contributed by atoms with van der Waals surface area (Å²) < 4.78 is 44.4. The quantitative estimate of drug-likeness (QED) is 0.850. The minimum Gasteiger partial charge on any atom is -0.491 e. The van der Waals surface area contributed by atoms with Gasteiger partial charge >= 0.3 is 6.18 Å². The molecular weight excluding hydrogens is 305 g/mol. The van der Waals surface area contributed by atoms with E-state index in [2.05, 4.69) is 0 Å². The molecule has 2 aromatic carbocycles. The summed E-state index contributed by atoms with van der Waals surface area (Å²) in [5.41, 5.74) is 1.43. The van der Waals surface area contributed by atoms with E-state index in [9.17, 15) is 13.2 Å². The van der Waals surface area contributed by atoms with E-state index in [0.29, 0.717) is 11.1 Å². The molecule has 2 rings (SSSR count). The lowest BCUT2D eigenvalue weighted by Gasteiger charge is -2.14. The summed E-state index contributed by atoms with van der Waals surface area (Å²) in [6, 6.07) is 11.1. The standard InChI is InChI=1S/C18H19F3O2/c1-12(2)13-4-3-5-14(8-13)15-9-16(18(19,20)21)11-17(10-15)23-7-6-22/h3-5,8-12,22H,6-7H2,1-2H3. The van der Waals surface area contributed by atoms with Crippen LogP contribution in [0.1, 0.15) is 30.9 Å². The van der Waals surface area contributed by atoms with Crippen LogP contribution in [0.4, 0.5) is 13.2 Å². The maximum Gasteiger partial charge on any atom is 0.416 e. The predicted octanol–water partition coefficient (Wildman–Crippen LogP) is 4.87. The van der Waals surface area contributed by atoms with Crippen molar-refractivity contribution in [1.29, 1.82) is 0 Å². The molecule has 0 radical (unpaired) electrons. The normalized spacial score (nSPS) is 11.8. The molecule has 23 heavy (non-hydrogen) atoms. The average molecular weight is 324 g/mol. The van der Waals surface area contributed by atoms with Crippen LogP contribution in [-0.4, -0.2) is 18.3 Å². The van der Waals surface area contributed by atoms with Crippen LogP contribution in [0.5, 0.6) is 5.75 Å². The molecule has 0 spiro atoms. The first kappa shape index (κ1) is 17.3. The van der Waals surface area contributed by atoms with Gasteiger partial charge in [0.15, 0.2) is 0 Å². The van der Waals surface area contributed by atoms with E-state index in [1.165, 1.54) is 0 Å². The van der Waals surface area contributed by atoms with Crippen molar-refractivity contribution in [2.75, 3.05) is 13.2 Å². The third kappa shape index (κ3) is 4.48. The summed E-state index contributed by atoms with van der Waals surface area (Å²) in [7, 11) is 0. The molecule has 0 amide bonds. The second-order valence-electron chi connectivity index (χ2n) is 5.60. The number of aliphatic hydroxyl groups excluding tert-OH is 1. The molecule has 0 heterocycles. The third-order valence-electron chi connectivity index (χ3n) is 3.48. The number of halogens is 3. The van der Waals surface area contributed by atoms with Gasteiger partial charge in [-0.3, -0.25) is 0 Å². The van der Waals surface area contributed by atoms with Gasteiger partial charge in [0.05, 0.1) is 12.2 Å². The van der Waals surface area contributed by atoms with Crippen molar-refractivity contribution in [1.82, 2.24) is 0 Å². The lowest BCUT2D eigenvalue weighted by Crippen LogP contribution is -2.07. The summed E-state index contributed by atoms with van der Waals surface area (Å²) in [6.07, 6.45) is -4.46. The van der Waals surface area contributed by atoms with Gasteiger partial charge in [-0.25, -0.2) is 0 Å². The fourth-order valence-corrected chi connectivity index (χ4v) is 2.25. The Balaban J connectivity index is 2.50. The van der Waals surface area contributed by atoms with Crippen LogP contribution in [-0.2, 0) is 6.18 Å². The summed E-state index contributed by atoms with van der Waals surface area (Å²) in [5, 5.41) is 8.79. The van der Waals surface area contributed by atoms with Gasteiger partial charge in [0.25, 0.3) is 0 Å². The Hall–Kier alpha value is -2.01. The molecule has 0 aliphatic rings. The Morgan fingerprint density at radius 1 is 1.04 bits per heavy atom. The van der Waals surface area contributed by atoms with Crippen molar-refractivity contribution in [3.63, 3.8) is 0 Å². The summed E-state index contributed by atoms with van der Waals surface area (Å²) in [5.74, 6) is 0.379. The molecule has 0 aliphatic carbocycles. The Labute approximate surface area is 133 Å². The van der Waals surface area contributed by atoms with E-state index in [0.717, 1.165) is 17.7 Å². The van der Waals surface area contributed by atoms with Crippen molar-refractivity contribution in [3.05, 3.63) is 53.6 Å². The number of rotatable bonds is 5. The van der Waals surface area contributed by atoms with Crippen LogP contribution in [0, 0.1) is 0 Å². The highest BCUT2D eigenvalue weighted by Gasteiger charge is 2.31. The van der Waals surface area contributed by atoms with Crippen molar-refractivity contribution in [3.8, 4) is 16.9 Å². The van der Waals surface area contributed by atoms with Crippen LogP contribution in [0.25, 0.3) is 11.1 Å². The van der Waals surface area contributed by atoms with Gasteiger partial charge in [-0.2, -0.15) is 13.2 Å². The molecule has 0 aliphatic heterocycles. The molecule has 0 atom stereocenters. The van der Waals surface area contributed by atoms with Crippen molar-refractivity contribution in [2.24, 2.45) is 0 Å². The predicted molar refractivity (Wildman–Crippen MR) is 83.5 cm³/mol. The largest absolute Gasteiger partial charge is 0.491 e. The van der Waals surface area contributed by atoms with Crippen molar-refractivity contribution >= 4 is 0 Å². The SMILES string of the molecule is CC(C)c1cccc(-c2cc(OCCO)cc(C(F)(F)F)c2)c1. The lowest BCUT2D eigenvalue weighted by atomic mass is 9.96. The van der Waals surface area contributed by atoms with Gasteiger partial charge < -0.3 is 9.84 Å². The first-order valence-electron chi connectivity index (χ1n) is 7.37.